The highest BCUT2D eigenvalue weighted by Crippen LogP contribution is 2.16. The van der Waals surface area contributed by atoms with E-state index in [0.29, 0.717) is 6.54 Å². The molecule has 5 heteroatoms. The minimum atomic E-state index is -0.428. The molecule has 0 bridgehead atoms. The van der Waals surface area contributed by atoms with Crippen molar-refractivity contribution < 1.29 is 9.53 Å². The summed E-state index contributed by atoms with van der Waals surface area (Å²) in [6, 6.07) is 5.95. The van der Waals surface area contributed by atoms with Crippen molar-refractivity contribution in [2.24, 2.45) is 7.05 Å². The van der Waals surface area contributed by atoms with Gasteiger partial charge in [-0.15, -0.1) is 0 Å². The van der Waals surface area contributed by atoms with E-state index in [1.807, 2.05) is 36.7 Å². The Hall–Kier alpha value is -2.04. The number of ether oxygens (including phenoxy) is 1. The maximum Gasteiger partial charge on any atom is 0.407 e. The van der Waals surface area contributed by atoms with E-state index < -0.39 is 6.09 Å². The lowest BCUT2D eigenvalue weighted by atomic mass is 10.2. The van der Waals surface area contributed by atoms with Crippen molar-refractivity contribution in [3.63, 3.8) is 0 Å². The number of aryl methyl sites for hydroxylation is 2. The van der Waals surface area contributed by atoms with Crippen LogP contribution in [0.15, 0.2) is 18.2 Å². The van der Waals surface area contributed by atoms with Crippen molar-refractivity contribution in [3.05, 3.63) is 29.6 Å². The molecule has 0 unspecified atom stereocenters. The largest absolute Gasteiger partial charge is 0.453 e. The molecule has 5 nitrogen and oxygen atoms in total. The van der Waals surface area contributed by atoms with Crippen LogP contribution >= 0.6 is 0 Å². The van der Waals surface area contributed by atoms with Gasteiger partial charge in [0.1, 0.15) is 5.82 Å². The first-order chi connectivity index (χ1) is 8.11. The van der Waals surface area contributed by atoms with Crippen molar-refractivity contribution in [3.8, 4) is 0 Å². The summed E-state index contributed by atoms with van der Waals surface area (Å²) >= 11 is 0. The van der Waals surface area contributed by atoms with Crippen molar-refractivity contribution in [1.82, 2.24) is 14.9 Å². The SMILES string of the molecule is COC(=O)NCc1ccc2c(c1)nc(C)n2C. The molecule has 1 heterocycles. The number of carbonyl (C=O) groups is 1. The van der Waals surface area contributed by atoms with E-state index in [1.54, 1.807) is 0 Å². The first-order valence-corrected chi connectivity index (χ1v) is 5.35. The molecule has 17 heavy (non-hydrogen) atoms. The summed E-state index contributed by atoms with van der Waals surface area (Å²) in [7, 11) is 3.33. The molecule has 1 aromatic heterocycles. The number of nitrogens with one attached hydrogen (secondary N) is 1. The molecule has 0 atom stereocenters. The van der Waals surface area contributed by atoms with Crippen LogP contribution in [0.1, 0.15) is 11.4 Å². The van der Waals surface area contributed by atoms with Crippen molar-refractivity contribution in [2.45, 2.75) is 13.5 Å². The predicted molar refractivity (Wildman–Crippen MR) is 64.7 cm³/mol. The van der Waals surface area contributed by atoms with E-state index in [1.165, 1.54) is 7.11 Å². The Morgan fingerprint density at radius 2 is 2.29 bits per heavy atom. The molecule has 90 valence electrons. The van der Waals surface area contributed by atoms with Crippen LogP contribution < -0.4 is 5.32 Å². The number of hydrogen-bond acceptors (Lipinski definition) is 3. The molecule has 0 saturated carbocycles. The van der Waals surface area contributed by atoms with Gasteiger partial charge in [-0.3, -0.25) is 0 Å². The monoisotopic (exact) mass is 233 g/mol. The molecule has 1 N–H and O–H groups in total. The fourth-order valence-corrected chi connectivity index (χ4v) is 1.72. The third kappa shape index (κ3) is 2.22. The maximum atomic E-state index is 11.0. The maximum absolute atomic E-state index is 11.0. The number of hydrogen-bond donors (Lipinski definition) is 1. The third-order valence-corrected chi connectivity index (χ3v) is 2.79. The Morgan fingerprint density at radius 3 is 3.00 bits per heavy atom. The van der Waals surface area contributed by atoms with E-state index in [-0.39, 0.29) is 0 Å². The molecular formula is C12H15N3O2. The summed E-state index contributed by atoms with van der Waals surface area (Å²) in [5.74, 6) is 0.970. The fraction of sp³-hybridized carbons (Fsp3) is 0.333. The van der Waals surface area contributed by atoms with Gasteiger partial charge in [-0.1, -0.05) is 6.07 Å². The van der Waals surface area contributed by atoms with Gasteiger partial charge in [0.15, 0.2) is 0 Å². The van der Waals surface area contributed by atoms with Crippen LogP contribution in [0.5, 0.6) is 0 Å². The van der Waals surface area contributed by atoms with Gasteiger partial charge in [-0.2, -0.15) is 0 Å². The predicted octanol–water partition coefficient (Wildman–Crippen LogP) is 1.74. The minimum Gasteiger partial charge on any atom is -0.453 e. The Bertz CT molecular complexity index is 560. The summed E-state index contributed by atoms with van der Waals surface area (Å²) in [4.78, 5) is 15.4. The number of alkyl carbamates (subject to hydrolysis) is 1. The Kier molecular flexibility index (Phi) is 2.99. The highest BCUT2D eigenvalue weighted by Gasteiger charge is 2.05. The number of rotatable bonds is 2. The smallest absolute Gasteiger partial charge is 0.407 e. The lowest BCUT2D eigenvalue weighted by molar-refractivity contribution is 0.170. The molecule has 0 saturated heterocycles. The van der Waals surface area contributed by atoms with Crippen LogP contribution in [-0.2, 0) is 18.3 Å². The van der Waals surface area contributed by atoms with Crippen LogP contribution in [0, 0.1) is 6.92 Å². The zero-order chi connectivity index (χ0) is 12.4. The van der Waals surface area contributed by atoms with Crippen LogP contribution in [0.4, 0.5) is 4.79 Å². The van der Waals surface area contributed by atoms with E-state index in [4.69, 9.17) is 0 Å². The summed E-state index contributed by atoms with van der Waals surface area (Å²) in [6.07, 6.45) is -0.428. The molecule has 0 aliphatic rings. The van der Waals surface area contributed by atoms with Gasteiger partial charge in [-0.05, 0) is 24.6 Å². The summed E-state index contributed by atoms with van der Waals surface area (Å²) in [5.41, 5.74) is 3.03. The number of fused-ring (bicyclic) bond motifs is 1. The Labute approximate surface area is 99.4 Å². The zero-order valence-electron chi connectivity index (χ0n) is 10.2. The van der Waals surface area contributed by atoms with Crippen LogP contribution in [0.2, 0.25) is 0 Å². The van der Waals surface area contributed by atoms with E-state index >= 15 is 0 Å². The van der Waals surface area contributed by atoms with Crippen LogP contribution in [0.3, 0.4) is 0 Å². The lowest BCUT2D eigenvalue weighted by Gasteiger charge is -2.03. The number of carbonyl (C=O) groups excluding carboxylic acids is 1. The molecule has 0 fully saturated rings. The quantitative estimate of drug-likeness (QED) is 0.859. The average Bonchev–Trinajstić information content (AvgIpc) is 2.62. The van der Waals surface area contributed by atoms with Crippen molar-refractivity contribution in [2.75, 3.05) is 7.11 Å². The summed E-state index contributed by atoms with van der Waals surface area (Å²) in [6.45, 7) is 2.41. The van der Waals surface area contributed by atoms with Gasteiger partial charge in [-0.25, -0.2) is 9.78 Å². The standard InChI is InChI=1S/C12H15N3O2/c1-8-14-10-6-9(7-13-12(16)17-3)4-5-11(10)15(8)2/h4-6H,7H2,1-3H3,(H,13,16). The first kappa shape index (κ1) is 11.4. The fourth-order valence-electron chi connectivity index (χ4n) is 1.72. The molecule has 1 amide bonds. The van der Waals surface area contributed by atoms with Gasteiger partial charge in [0.25, 0.3) is 0 Å². The van der Waals surface area contributed by atoms with Crippen LogP contribution in [0.25, 0.3) is 11.0 Å². The number of benzene rings is 1. The number of nitrogens with zero attached hydrogens (tertiary/aromatic N) is 2. The van der Waals surface area contributed by atoms with Gasteiger partial charge in [0.2, 0.25) is 0 Å². The van der Waals surface area contributed by atoms with Gasteiger partial charge in [0, 0.05) is 13.6 Å². The van der Waals surface area contributed by atoms with E-state index in [9.17, 15) is 4.79 Å². The van der Waals surface area contributed by atoms with Gasteiger partial charge in [0.05, 0.1) is 18.1 Å². The lowest BCUT2D eigenvalue weighted by Crippen LogP contribution is -2.22. The van der Waals surface area contributed by atoms with Gasteiger partial charge < -0.3 is 14.6 Å². The first-order valence-electron chi connectivity index (χ1n) is 5.35. The number of methoxy groups -OCH3 is 1. The molecule has 0 spiro atoms. The second-order valence-corrected chi connectivity index (χ2v) is 3.89. The minimum absolute atomic E-state index is 0.428. The Morgan fingerprint density at radius 1 is 1.53 bits per heavy atom. The van der Waals surface area contributed by atoms with Gasteiger partial charge >= 0.3 is 6.09 Å². The molecule has 0 aliphatic heterocycles. The molecular weight excluding hydrogens is 218 g/mol. The topological polar surface area (TPSA) is 56.1 Å². The average molecular weight is 233 g/mol. The number of aromatic nitrogens is 2. The number of imidazole rings is 1. The normalized spacial score (nSPS) is 10.5. The molecule has 2 aromatic rings. The second-order valence-electron chi connectivity index (χ2n) is 3.89. The molecule has 0 aliphatic carbocycles. The van der Waals surface area contributed by atoms with Crippen LogP contribution in [-0.4, -0.2) is 22.8 Å². The number of amides is 1. The summed E-state index contributed by atoms with van der Waals surface area (Å²) < 4.78 is 6.55. The highest BCUT2D eigenvalue weighted by atomic mass is 16.5. The molecule has 1 aromatic carbocycles. The second kappa shape index (κ2) is 4.45. The van der Waals surface area contributed by atoms with E-state index in [2.05, 4.69) is 15.0 Å². The van der Waals surface area contributed by atoms with Crippen molar-refractivity contribution >= 4 is 17.1 Å². The highest BCUT2D eigenvalue weighted by molar-refractivity contribution is 5.77. The van der Waals surface area contributed by atoms with Crippen molar-refractivity contribution in [1.29, 1.82) is 0 Å². The molecule has 2 rings (SSSR count). The molecule has 0 radical (unpaired) electrons. The van der Waals surface area contributed by atoms with E-state index in [0.717, 1.165) is 22.4 Å². The third-order valence-electron chi connectivity index (χ3n) is 2.79. The zero-order valence-corrected chi connectivity index (χ0v) is 10.2. The summed E-state index contributed by atoms with van der Waals surface area (Å²) in [5, 5.41) is 2.64. The Balaban J connectivity index is 2.23.